The molecule has 0 amide bonds. The summed E-state index contributed by atoms with van der Waals surface area (Å²) >= 11 is 0. The van der Waals surface area contributed by atoms with Crippen LogP contribution in [0.2, 0.25) is 0 Å². The smallest absolute Gasteiger partial charge is 0.126 e. The van der Waals surface area contributed by atoms with E-state index in [1.165, 1.54) is 11.3 Å². The first kappa shape index (κ1) is 14.4. The molecule has 3 nitrogen and oxygen atoms in total. The highest BCUT2D eigenvalue weighted by atomic mass is 16.5. The minimum atomic E-state index is 0.658. The zero-order valence-electron chi connectivity index (χ0n) is 12.4. The molecule has 0 radical (unpaired) electrons. The Morgan fingerprint density at radius 1 is 1.05 bits per heavy atom. The Kier molecular flexibility index (Phi) is 4.64. The highest BCUT2D eigenvalue weighted by molar-refractivity contribution is 5.72. The van der Waals surface area contributed by atoms with Crippen LogP contribution in [0.1, 0.15) is 5.56 Å². The van der Waals surface area contributed by atoms with Gasteiger partial charge in [-0.1, -0.05) is 18.2 Å². The molecule has 2 aromatic carbocycles. The lowest BCUT2D eigenvalue weighted by Crippen LogP contribution is -2.08. The Morgan fingerprint density at radius 3 is 2.30 bits per heavy atom. The molecule has 0 aromatic heterocycles. The molecule has 106 valence electrons. The van der Waals surface area contributed by atoms with Crippen LogP contribution in [0.25, 0.3) is 11.1 Å². The molecule has 0 aliphatic rings. The number of nitrogens with two attached hydrogens (primary N) is 1. The van der Waals surface area contributed by atoms with Gasteiger partial charge in [-0.05, 0) is 48.4 Å². The van der Waals surface area contributed by atoms with Gasteiger partial charge in [0, 0.05) is 25.3 Å². The average molecular weight is 270 g/mol. The molecule has 20 heavy (non-hydrogen) atoms. The third-order valence-corrected chi connectivity index (χ3v) is 3.39. The third-order valence-electron chi connectivity index (χ3n) is 3.39. The zero-order valence-corrected chi connectivity index (χ0v) is 12.4. The van der Waals surface area contributed by atoms with Crippen molar-refractivity contribution in [2.45, 2.75) is 6.42 Å². The quantitative estimate of drug-likeness (QED) is 0.908. The zero-order chi connectivity index (χ0) is 14.5. The van der Waals surface area contributed by atoms with Gasteiger partial charge in [-0.25, -0.2) is 0 Å². The van der Waals surface area contributed by atoms with Gasteiger partial charge in [-0.15, -0.1) is 0 Å². The maximum Gasteiger partial charge on any atom is 0.126 e. The predicted molar refractivity (Wildman–Crippen MR) is 85.5 cm³/mol. The van der Waals surface area contributed by atoms with Crippen LogP contribution in [0.15, 0.2) is 42.5 Å². The highest BCUT2D eigenvalue weighted by Gasteiger charge is 2.07. The van der Waals surface area contributed by atoms with Gasteiger partial charge in [-0.3, -0.25) is 0 Å². The number of hydrogen-bond acceptors (Lipinski definition) is 3. The Bertz CT molecular complexity index is 562. The molecular formula is C17H22N2O. The molecule has 0 aliphatic carbocycles. The van der Waals surface area contributed by atoms with Crippen molar-refractivity contribution in [2.75, 3.05) is 32.6 Å². The van der Waals surface area contributed by atoms with Crippen molar-refractivity contribution in [3.63, 3.8) is 0 Å². The number of hydrogen-bond donors (Lipinski definition) is 1. The lowest BCUT2D eigenvalue weighted by molar-refractivity contribution is 0.416. The second-order valence-electron chi connectivity index (χ2n) is 5.01. The lowest BCUT2D eigenvalue weighted by Gasteiger charge is -2.14. The lowest BCUT2D eigenvalue weighted by atomic mass is 10.00. The van der Waals surface area contributed by atoms with Gasteiger partial charge < -0.3 is 15.4 Å². The molecule has 0 saturated heterocycles. The fourth-order valence-corrected chi connectivity index (χ4v) is 2.24. The first-order chi connectivity index (χ1) is 9.65. The summed E-state index contributed by atoms with van der Waals surface area (Å²) in [7, 11) is 5.78. The van der Waals surface area contributed by atoms with Crippen LogP contribution in [0.4, 0.5) is 5.69 Å². The number of nitrogens with zero attached hydrogens (tertiary/aromatic N) is 1. The van der Waals surface area contributed by atoms with E-state index in [1.807, 2.05) is 20.2 Å². The molecular weight excluding hydrogens is 248 g/mol. The molecule has 2 rings (SSSR count). The van der Waals surface area contributed by atoms with Crippen molar-refractivity contribution >= 4 is 5.69 Å². The van der Waals surface area contributed by atoms with Gasteiger partial charge in [-0.2, -0.15) is 0 Å². The van der Waals surface area contributed by atoms with Crippen LogP contribution in [-0.4, -0.2) is 27.7 Å². The van der Waals surface area contributed by atoms with Gasteiger partial charge >= 0.3 is 0 Å². The number of anilines is 1. The van der Waals surface area contributed by atoms with Gasteiger partial charge in [0.2, 0.25) is 0 Å². The van der Waals surface area contributed by atoms with Crippen molar-refractivity contribution < 1.29 is 4.74 Å². The number of benzene rings is 2. The number of methoxy groups -OCH3 is 1. The molecule has 0 bridgehead atoms. The second-order valence-corrected chi connectivity index (χ2v) is 5.01. The van der Waals surface area contributed by atoms with Gasteiger partial charge in [0.15, 0.2) is 0 Å². The van der Waals surface area contributed by atoms with Crippen molar-refractivity contribution in [3.8, 4) is 16.9 Å². The van der Waals surface area contributed by atoms with Crippen LogP contribution >= 0.6 is 0 Å². The fourth-order valence-electron chi connectivity index (χ4n) is 2.24. The fraction of sp³-hybridized carbons (Fsp3) is 0.294. The maximum absolute atomic E-state index is 5.64. The van der Waals surface area contributed by atoms with E-state index in [0.717, 1.165) is 23.3 Å². The topological polar surface area (TPSA) is 38.5 Å². The van der Waals surface area contributed by atoms with E-state index in [2.05, 4.69) is 41.3 Å². The molecule has 0 spiro atoms. The summed E-state index contributed by atoms with van der Waals surface area (Å²) in [4.78, 5) is 2.09. The Morgan fingerprint density at radius 2 is 1.75 bits per heavy atom. The summed E-state index contributed by atoms with van der Waals surface area (Å²) in [5.41, 5.74) is 10.3. The van der Waals surface area contributed by atoms with Crippen molar-refractivity contribution in [2.24, 2.45) is 5.73 Å². The molecule has 0 saturated carbocycles. The number of rotatable bonds is 5. The predicted octanol–water partition coefficient (Wildman–Crippen LogP) is 2.93. The monoisotopic (exact) mass is 270 g/mol. The molecule has 2 N–H and O–H groups in total. The molecule has 0 atom stereocenters. The maximum atomic E-state index is 5.64. The van der Waals surface area contributed by atoms with E-state index < -0.39 is 0 Å². The molecule has 0 unspecified atom stereocenters. The van der Waals surface area contributed by atoms with E-state index in [-0.39, 0.29) is 0 Å². The van der Waals surface area contributed by atoms with Gasteiger partial charge in [0.25, 0.3) is 0 Å². The Labute approximate surface area is 121 Å². The number of ether oxygens (including phenoxy) is 1. The first-order valence-corrected chi connectivity index (χ1v) is 6.80. The summed E-state index contributed by atoms with van der Waals surface area (Å²) in [6.07, 6.45) is 0.882. The van der Waals surface area contributed by atoms with Crippen molar-refractivity contribution in [1.29, 1.82) is 0 Å². The average Bonchev–Trinajstić information content (AvgIpc) is 2.47. The van der Waals surface area contributed by atoms with Crippen LogP contribution in [0.3, 0.4) is 0 Å². The van der Waals surface area contributed by atoms with Crippen LogP contribution < -0.4 is 15.4 Å². The minimum absolute atomic E-state index is 0.658. The molecule has 0 fully saturated rings. The SMILES string of the molecule is COc1ccc(CCN)cc1-c1ccc(N(C)C)cc1. The van der Waals surface area contributed by atoms with Crippen molar-refractivity contribution in [1.82, 2.24) is 0 Å². The third kappa shape index (κ3) is 3.11. The summed E-state index contributed by atoms with van der Waals surface area (Å²) in [6.45, 7) is 0.658. The van der Waals surface area contributed by atoms with Crippen LogP contribution in [0, 0.1) is 0 Å². The second kappa shape index (κ2) is 6.44. The van der Waals surface area contributed by atoms with Crippen LogP contribution in [-0.2, 0) is 6.42 Å². The highest BCUT2D eigenvalue weighted by Crippen LogP contribution is 2.32. The first-order valence-electron chi connectivity index (χ1n) is 6.80. The van der Waals surface area contributed by atoms with E-state index in [9.17, 15) is 0 Å². The van der Waals surface area contributed by atoms with E-state index in [0.29, 0.717) is 6.54 Å². The van der Waals surface area contributed by atoms with Gasteiger partial charge in [0.05, 0.1) is 7.11 Å². The summed E-state index contributed by atoms with van der Waals surface area (Å²) in [6, 6.07) is 14.7. The largest absolute Gasteiger partial charge is 0.496 e. The molecule has 2 aromatic rings. The van der Waals surface area contributed by atoms with Crippen LogP contribution in [0.5, 0.6) is 5.75 Å². The molecule has 0 heterocycles. The standard InChI is InChI=1S/C17H22N2O/c1-19(2)15-7-5-14(6-8-15)16-12-13(10-11-18)4-9-17(16)20-3/h4-9,12H,10-11,18H2,1-3H3. The van der Waals surface area contributed by atoms with E-state index >= 15 is 0 Å². The van der Waals surface area contributed by atoms with Gasteiger partial charge in [0.1, 0.15) is 5.75 Å². The Hall–Kier alpha value is -2.00. The normalized spacial score (nSPS) is 10.4. The molecule has 3 heteroatoms. The summed E-state index contributed by atoms with van der Waals surface area (Å²) in [5.74, 6) is 0.892. The summed E-state index contributed by atoms with van der Waals surface area (Å²) in [5, 5.41) is 0. The minimum Gasteiger partial charge on any atom is -0.496 e. The van der Waals surface area contributed by atoms with E-state index in [1.54, 1.807) is 7.11 Å². The van der Waals surface area contributed by atoms with Crippen molar-refractivity contribution in [3.05, 3.63) is 48.0 Å². The summed E-state index contributed by atoms with van der Waals surface area (Å²) < 4.78 is 5.47. The Balaban J connectivity index is 2.41. The van der Waals surface area contributed by atoms with E-state index in [4.69, 9.17) is 10.5 Å². The molecule has 0 aliphatic heterocycles.